The number of rotatable bonds is 8. The second-order valence-corrected chi connectivity index (χ2v) is 7.44. The van der Waals surface area contributed by atoms with Crippen LogP contribution in [0.15, 0.2) is 30.3 Å². The molecule has 0 spiro atoms. The van der Waals surface area contributed by atoms with E-state index in [1.54, 1.807) is 0 Å². The molecular weight excluding hydrogens is 314 g/mol. The summed E-state index contributed by atoms with van der Waals surface area (Å²) in [7, 11) is 0. The summed E-state index contributed by atoms with van der Waals surface area (Å²) in [6, 6.07) is 9.85. The van der Waals surface area contributed by atoms with Crippen LogP contribution in [-0.2, 0) is 4.79 Å². The third-order valence-corrected chi connectivity index (χ3v) is 5.10. The first-order chi connectivity index (χ1) is 11.9. The number of benzene rings is 1. The lowest BCUT2D eigenvalue weighted by molar-refractivity contribution is -0.128. The average molecular weight is 348 g/mol. The number of amides is 1. The monoisotopic (exact) mass is 347 g/mol. The number of hydrogen-bond acceptors (Lipinski definition) is 4. The zero-order valence-electron chi connectivity index (χ0n) is 16.1. The van der Waals surface area contributed by atoms with Gasteiger partial charge in [-0.25, -0.2) is 0 Å². The van der Waals surface area contributed by atoms with Crippen molar-refractivity contribution in [3.05, 3.63) is 30.3 Å². The van der Waals surface area contributed by atoms with Crippen molar-refractivity contribution in [3.63, 3.8) is 0 Å². The van der Waals surface area contributed by atoms with E-state index in [2.05, 4.69) is 35.9 Å². The molecule has 1 aliphatic heterocycles. The van der Waals surface area contributed by atoms with E-state index in [-0.39, 0.29) is 17.5 Å². The lowest BCUT2D eigenvalue weighted by Crippen LogP contribution is -2.56. The molecule has 0 bridgehead atoms. The molecule has 1 fully saturated rings. The molecular formula is C20H33N3O2. The first-order valence-electron chi connectivity index (χ1n) is 9.37. The zero-order chi connectivity index (χ0) is 18.3. The van der Waals surface area contributed by atoms with Crippen molar-refractivity contribution in [2.24, 2.45) is 0 Å². The van der Waals surface area contributed by atoms with Crippen LogP contribution in [0.4, 0.5) is 0 Å². The Kier molecular flexibility index (Phi) is 7.26. The Morgan fingerprint density at radius 1 is 1.20 bits per heavy atom. The van der Waals surface area contributed by atoms with Crippen LogP contribution < -0.4 is 10.1 Å². The van der Waals surface area contributed by atoms with Crippen molar-refractivity contribution in [2.45, 2.75) is 45.7 Å². The first-order valence-corrected chi connectivity index (χ1v) is 9.37. The molecule has 1 saturated heterocycles. The Morgan fingerprint density at radius 3 is 2.44 bits per heavy atom. The number of nitrogens with zero attached hydrogens (tertiary/aromatic N) is 2. The maximum absolute atomic E-state index is 12.4. The van der Waals surface area contributed by atoms with Gasteiger partial charge in [-0.15, -0.1) is 0 Å². The SMILES string of the molecule is CCC(C)(C)NC(=O)C(C)N1CCN(CCOc2ccccc2)CC1. The van der Waals surface area contributed by atoms with Gasteiger partial charge in [0.15, 0.2) is 0 Å². The van der Waals surface area contributed by atoms with Crippen molar-refractivity contribution in [2.75, 3.05) is 39.3 Å². The van der Waals surface area contributed by atoms with Gasteiger partial charge < -0.3 is 10.1 Å². The summed E-state index contributed by atoms with van der Waals surface area (Å²) in [4.78, 5) is 17.1. The van der Waals surface area contributed by atoms with Gasteiger partial charge in [-0.1, -0.05) is 25.1 Å². The quantitative estimate of drug-likeness (QED) is 0.784. The standard InChI is InChI=1S/C20H33N3O2/c1-5-20(3,4)21-19(24)17(2)23-13-11-22(12-14-23)15-16-25-18-9-7-6-8-10-18/h6-10,17H,5,11-16H2,1-4H3,(H,21,24). The van der Waals surface area contributed by atoms with E-state index in [9.17, 15) is 4.79 Å². The van der Waals surface area contributed by atoms with Gasteiger partial charge in [-0.2, -0.15) is 0 Å². The van der Waals surface area contributed by atoms with Crippen molar-refractivity contribution in [3.8, 4) is 5.75 Å². The highest BCUT2D eigenvalue weighted by Crippen LogP contribution is 2.12. The van der Waals surface area contributed by atoms with Gasteiger partial charge in [0.05, 0.1) is 6.04 Å². The normalized spacial score (nSPS) is 17.9. The molecule has 1 unspecified atom stereocenters. The van der Waals surface area contributed by atoms with Crippen LogP contribution in [0.3, 0.4) is 0 Å². The summed E-state index contributed by atoms with van der Waals surface area (Å²) in [5.74, 6) is 1.05. The Labute approximate surface area is 152 Å². The maximum Gasteiger partial charge on any atom is 0.237 e. The van der Waals surface area contributed by atoms with Crippen LogP contribution in [0.25, 0.3) is 0 Å². The number of hydrogen-bond donors (Lipinski definition) is 1. The molecule has 25 heavy (non-hydrogen) atoms. The number of ether oxygens (including phenoxy) is 1. The highest BCUT2D eigenvalue weighted by Gasteiger charge is 2.28. The minimum atomic E-state index is -0.137. The van der Waals surface area contributed by atoms with Crippen LogP contribution in [0.5, 0.6) is 5.75 Å². The minimum absolute atomic E-state index is 0.0754. The number of carbonyl (C=O) groups is 1. The van der Waals surface area contributed by atoms with E-state index in [1.165, 1.54) is 0 Å². The summed E-state index contributed by atoms with van der Waals surface area (Å²) in [5.41, 5.74) is -0.137. The summed E-state index contributed by atoms with van der Waals surface area (Å²) >= 11 is 0. The third-order valence-electron chi connectivity index (χ3n) is 5.10. The van der Waals surface area contributed by atoms with Gasteiger partial charge in [-0.3, -0.25) is 14.6 Å². The van der Waals surface area contributed by atoms with Crippen LogP contribution in [0, 0.1) is 0 Å². The van der Waals surface area contributed by atoms with Gasteiger partial charge in [0.2, 0.25) is 5.91 Å². The summed E-state index contributed by atoms with van der Waals surface area (Å²) < 4.78 is 5.77. The van der Waals surface area contributed by atoms with Crippen LogP contribution in [0.2, 0.25) is 0 Å². The fourth-order valence-corrected chi connectivity index (χ4v) is 2.88. The molecule has 1 atom stereocenters. The lowest BCUT2D eigenvalue weighted by atomic mass is 10.0. The van der Waals surface area contributed by atoms with Gasteiger partial charge in [0.25, 0.3) is 0 Å². The highest BCUT2D eigenvalue weighted by molar-refractivity contribution is 5.82. The molecule has 5 nitrogen and oxygen atoms in total. The minimum Gasteiger partial charge on any atom is -0.492 e. The molecule has 1 amide bonds. The first kappa shape index (κ1) is 19.7. The van der Waals surface area contributed by atoms with Crippen molar-refractivity contribution < 1.29 is 9.53 Å². The molecule has 140 valence electrons. The van der Waals surface area contributed by atoms with Crippen molar-refractivity contribution in [1.82, 2.24) is 15.1 Å². The molecule has 2 rings (SSSR count). The van der Waals surface area contributed by atoms with E-state index in [4.69, 9.17) is 4.74 Å². The number of para-hydroxylation sites is 1. The predicted octanol–water partition coefficient (Wildman–Crippen LogP) is 2.38. The van der Waals surface area contributed by atoms with Crippen molar-refractivity contribution >= 4 is 5.91 Å². The maximum atomic E-state index is 12.4. The molecule has 1 heterocycles. The molecule has 0 saturated carbocycles. The number of piperazine rings is 1. The van der Waals surface area contributed by atoms with Gasteiger partial charge in [0, 0.05) is 38.3 Å². The smallest absolute Gasteiger partial charge is 0.237 e. The average Bonchev–Trinajstić information content (AvgIpc) is 2.62. The molecule has 5 heteroatoms. The number of carbonyl (C=O) groups excluding carboxylic acids is 1. The summed E-state index contributed by atoms with van der Waals surface area (Å²) in [5, 5.41) is 3.15. The van der Waals surface area contributed by atoms with Crippen LogP contribution >= 0.6 is 0 Å². The molecule has 1 aromatic rings. The Hall–Kier alpha value is -1.59. The topological polar surface area (TPSA) is 44.8 Å². The summed E-state index contributed by atoms with van der Waals surface area (Å²) in [6.45, 7) is 13.7. The van der Waals surface area contributed by atoms with Crippen LogP contribution in [0.1, 0.15) is 34.1 Å². The fraction of sp³-hybridized carbons (Fsp3) is 0.650. The Balaban J connectivity index is 1.69. The van der Waals surface area contributed by atoms with E-state index < -0.39 is 0 Å². The molecule has 0 aromatic heterocycles. The zero-order valence-corrected chi connectivity index (χ0v) is 16.1. The second kappa shape index (κ2) is 9.20. The predicted molar refractivity (Wildman–Crippen MR) is 102 cm³/mol. The van der Waals surface area contributed by atoms with E-state index in [1.807, 2.05) is 37.3 Å². The molecule has 1 N–H and O–H groups in total. The third kappa shape index (κ3) is 6.33. The van der Waals surface area contributed by atoms with E-state index in [0.29, 0.717) is 6.61 Å². The van der Waals surface area contributed by atoms with Gasteiger partial charge >= 0.3 is 0 Å². The highest BCUT2D eigenvalue weighted by atomic mass is 16.5. The molecule has 0 radical (unpaired) electrons. The van der Waals surface area contributed by atoms with Gasteiger partial charge in [-0.05, 0) is 39.3 Å². The van der Waals surface area contributed by atoms with Gasteiger partial charge in [0.1, 0.15) is 12.4 Å². The molecule has 1 aliphatic rings. The fourth-order valence-electron chi connectivity index (χ4n) is 2.88. The van der Waals surface area contributed by atoms with Crippen LogP contribution in [-0.4, -0.2) is 66.6 Å². The lowest BCUT2D eigenvalue weighted by Gasteiger charge is -2.38. The van der Waals surface area contributed by atoms with E-state index >= 15 is 0 Å². The molecule has 1 aromatic carbocycles. The van der Waals surface area contributed by atoms with E-state index in [0.717, 1.165) is 44.9 Å². The van der Waals surface area contributed by atoms with Crippen molar-refractivity contribution in [1.29, 1.82) is 0 Å². The second-order valence-electron chi connectivity index (χ2n) is 7.44. The Bertz CT molecular complexity index is 525. The Morgan fingerprint density at radius 2 is 1.84 bits per heavy atom. The largest absolute Gasteiger partial charge is 0.492 e. The molecule has 0 aliphatic carbocycles. The summed E-state index contributed by atoms with van der Waals surface area (Å²) in [6.07, 6.45) is 0.931. The number of nitrogens with one attached hydrogen (secondary N) is 1.